The van der Waals surface area contributed by atoms with E-state index in [1.807, 2.05) is 29.6 Å². The number of hydrogen-bond donors (Lipinski definition) is 0. The molecule has 63 heavy (non-hydrogen) atoms. The summed E-state index contributed by atoms with van der Waals surface area (Å²) >= 11 is 3.76. The third-order valence-electron chi connectivity index (χ3n) is 13.4. The molecule has 0 aliphatic carbocycles. The Morgan fingerprint density at radius 3 is 1.54 bits per heavy atom. The highest BCUT2D eigenvalue weighted by Gasteiger charge is 2.38. The minimum absolute atomic E-state index is 0.0454. The van der Waals surface area contributed by atoms with Crippen LogP contribution in [0.4, 0.5) is 0 Å². The molecule has 0 radical (unpaired) electrons. The van der Waals surface area contributed by atoms with Crippen molar-refractivity contribution >= 4 is 90.2 Å². The van der Waals surface area contributed by atoms with Crippen LogP contribution in [0.15, 0.2) is 177 Å². The maximum Gasteiger partial charge on any atom is 0.247 e. The normalized spacial score (nSPS) is 13.4. The molecule has 2 aliphatic heterocycles. The van der Waals surface area contributed by atoms with Crippen LogP contribution in [0, 0.1) is 11.3 Å². The summed E-state index contributed by atoms with van der Waals surface area (Å²) in [5.74, 6) is 0. The number of fused-ring (bicyclic) bond motifs is 10. The van der Waals surface area contributed by atoms with Gasteiger partial charge in [-0.15, -0.1) is 0 Å². The molecular weight excluding hydrogens is 802 g/mol. The number of nitriles is 1. The molecule has 10 aromatic rings. The Morgan fingerprint density at radius 2 is 0.968 bits per heavy atom. The van der Waals surface area contributed by atoms with Crippen LogP contribution in [-0.2, 0) is 10.8 Å². The maximum atomic E-state index is 10.5. The largest absolute Gasteiger partial charge is 0.309 e. The Kier molecular flexibility index (Phi) is 8.39. The van der Waals surface area contributed by atoms with Crippen molar-refractivity contribution in [3.05, 3.63) is 174 Å². The lowest BCUT2D eigenvalue weighted by Gasteiger charge is -2.33. The van der Waals surface area contributed by atoms with Gasteiger partial charge in [0.2, 0.25) is 6.71 Å². The maximum absolute atomic E-state index is 10.5. The van der Waals surface area contributed by atoms with Gasteiger partial charge >= 0.3 is 0 Å². The summed E-state index contributed by atoms with van der Waals surface area (Å²) in [5.41, 5.74) is 16.5. The molecule has 0 unspecified atom stereocenters. The first-order valence-corrected chi connectivity index (χ1v) is 23.5. The number of rotatable bonds is 3. The van der Waals surface area contributed by atoms with Gasteiger partial charge in [-0.2, -0.15) is 5.26 Å². The van der Waals surface area contributed by atoms with E-state index in [4.69, 9.17) is 0 Å². The minimum atomic E-state index is 0.0454. The number of aromatic nitrogens is 2. The molecule has 0 saturated carbocycles. The molecular formula is C57H44BN3S2. The fraction of sp³-hybridized carbons (Fsp3) is 0.140. The topological polar surface area (TPSA) is 33.6 Å². The fourth-order valence-corrected chi connectivity index (χ4v) is 12.6. The minimum Gasteiger partial charge on any atom is -0.309 e. The van der Waals surface area contributed by atoms with E-state index in [9.17, 15) is 5.26 Å². The van der Waals surface area contributed by atoms with Crippen molar-refractivity contribution in [1.82, 2.24) is 9.13 Å². The van der Waals surface area contributed by atoms with E-state index in [1.54, 1.807) is 0 Å². The highest BCUT2D eigenvalue weighted by Crippen LogP contribution is 2.43. The summed E-state index contributed by atoms with van der Waals surface area (Å²) in [6, 6.07) is 61.0. The van der Waals surface area contributed by atoms with Gasteiger partial charge < -0.3 is 9.13 Å². The van der Waals surface area contributed by atoms with Crippen LogP contribution in [0.3, 0.4) is 0 Å². The molecule has 0 amide bonds. The summed E-state index contributed by atoms with van der Waals surface area (Å²) in [6.45, 7) is 13.9. The molecule has 0 atom stereocenters. The lowest BCUT2D eigenvalue weighted by molar-refractivity contribution is 0.590. The van der Waals surface area contributed by atoms with Gasteiger partial charge in [0.05, 0.1) is 33.7 Å². The first-order valence-electron chi connectivity index (χ1n) is 21.8. The standard InChI is InChI=1S/C57H44BN3S2/c1-56(2,3)36-20-26-49-43(29-36)44-30-37(57(4,5)6)21-27-50(44)61(49)39-23-25-46-54(32-39)63-52-17-11-16-51-55(52)58(46)45-24-19-34(28-53(45)62-51)42-31-38(22-18-35(42)33-59)60-47-14-9-7-12-40(47)41-13-8-10-15-48(41)60/h7-32H,1-6H3. The van der Waals surface area contributed by atoms with Crippen LogP contribution in [0.25, 0.3) is 66.1 Å². The Hall–Kier alpha value is -6.39. The molecule has 6 heteroatoms. The Bertz CT molecular complexity index is 3500. The van der Waals surface area contributed by atoms with Gasteiger partial charge in [-0.25, -0.2) is 0 Å². The van der Waals surface area contributed by atoms with E-state index >= 15 is 0 Å². The molecule has 8 aromatic carbocycles. The van der Waals surface area contributed by atoms with Crippen molar-refractivity contribution in [3.8, 4) is 28.6 Å². The van der Waals surface area contributed by atoms with Crippen LogP contribution in [0.5, 0.6) is 0 Å². The smallest absolute Gasteiger partial charge is 0.247 e. The molecule has 2 aliphatic rings. The van der Waals surface area contributed by atoms with E-state index < -0.39 is 0 Å². The van der Waals surface area contributed by atoms with E-state index in [1.165, 1.54) is 85.4 Å². The molecule has 0 saturated heterocycles. The van der Waals surface area contributed by atoms with Gasteiger partial charge in [-0.3, -0.25) is 0 Å². The third-order valence-corrected chi connectivity index (χ3v) is 15.7. The molecule has 302 valence electrons. The quantitative estimate of drug-likeness (QED) is 0.166. The Labute approximate surface area is 377 Å². The predicted octanol–water partition coefficient (Wildman–Crippen LogP) is 13.5. The van der Waals surface area contributed by atoms with Gasteiger partial charge in [-0.05, 0) is 118 Å². The van der Waals surface area contributed by atoms with E-state index in [0.717, 1.165) is 27.8 Å². The number of hydrogen-bond acceptors (Lipinski definition) is 3. The van der Waals surface area contributed by atoms with Crippen LogP contribution >= 0.6 is 23.5 Å². The zero-order chi connectivity index (χ0) is 42.9. The van der Waals surface area contributed by atoms with Crippen LogP contribution in [0.1, 0.15) is 58.2 Å². The monoisotopic (exact) mass is 845 g/mol. The average molecular weight is 846 g/mol. The van der Waals surface area contributed by atoms with Crippen molar-refractivity contribution in [2.24, 2.45) is 0 Å². The molecule has 12 rings (SSSR count). The van der Waals surface area contributed by atoms with Gasteiger partial charge in [-0.1, -0.05) is 149 Å². The Morgan fingerprint density at radius 1 is 0.460 bits per heavy atom. The lowest BCUT2D eigenvalue weighted by Crippen LogP contribution is -2.58. The van der Waals surface area contributed by atoms with Crippen LogP contribution < -0.4 is 16.4 Å². The SMILES string of the molecule is CC(C)(C)c1ccc2c(c1)c1cc(C(C)(C)C)ccc1n2-c1ccc2c(c1)Sc1cccc3c1B2c1ccc(-c2cc(-n4c5ccccc5c5ccccc54)ccc2C#N)cc1S3. The van der Waals surface area contributed by atoms with Crippen LogP contribution in [0.2, 0.25) is 0 Å². The number of benzene rings is 8. The molecule has 0 spiro atoms. The highest BCUT2D eigenvalue weighted by atomic mass is 32.2. The predicted molar refractivity (Wildman–Crippen MR) is 268 cm³/mol. The van der Waals surface area contributed by atoms with E-state index in [2.05, 4.69) is 208 Å². The van der Waals surface area contributed by atoms with Crippen molar-refractivity contribution < 1.29 is 0 Å². The van der Waals surface area contributed by atoms with Gasteiger partial charge in [0.1, 0.15) is 0 Å². The first kappa shape index (κ1) is 38.3. The fourth-order valence-electron chi connectivity index (χ4n) is 10.2. The summed E-state index contributed by atoms with van der Waals surface area (Å²) < 4.78 is 4.81. The van der Waals surface area contributed by atoms with Crippen molar-refractivity contribution in [1.29, 1.82) is 5.26 Å². The highest BCUT2D eigenvalue weighted by molar-refractivity contribution is 8.01. The second-order valence-corrected chi connectivity index (χ2v) is 21.5. The zero-order valence-corrected chi connectivity index (χ0v) is 37.9. The van der Waals surface area contributed by atoms with Crippen molar-refractivity contribution in [2.45, 2.75) is 72.0 Å². The van der Waals surface area contributed by atoms with Gasteiger partial charge in [0, 0.05) is 58.1 Å². The summed E-state index contributed by atoms with van der Waals surface area (Å²) in [7, 11) is 0. The van der Waals surface area contributed by atoms with Crippen molar-refractivity contribution in [2.75, 3.05) is 0 Å². The summed E-state index contributed by atoms with van der Waals surface area (Å²) in [5, 5.41) is 15.5. The second-order valence-electron chi connectivity index (χ2n) is 19.3. The number of nitrogens with zero attached hydrogens (tertiary/aromatic N) is 3. The second kappa shape index (κ2) is 13.8. The number of para-hydroxylation sites is 2. The van der Waals surface area contributed by atoms with Crippen molar-refractivity contribution in [3.63, 3.8) is 0 Å². The summed E-state index contributed by atoms with van der Waals surface area (Å²) in [6.07, 6.45) is 0. The molecule has 3 nitrogen and oxygen atoms in total. The molecule has 4 heterocycles. The summed E-state index contributed by atoms with van der Waals surface area (Å²) in [4.78, 5) is 5.15. The molecule has 2 aromatic heterocycles. The Balaban J connectivity index is 0.990. The lowest BCUT2D eigenvalue weighted by atomic mass is 9.36. The van der Waals surface area contributed by atoms with E-state index in [0.29, 0.717) is 5.56 Å². The third kappa shape index (κ3) is 5.90. The molecule has 0 N–H and O–H groups in total. The molecule has 0 bridgehead atoms. The zero-order valence-electron chi connectivity index (χ0n) is 36.2. The average Bonchev–Trinajstić information content (AvgIpc) is 3.80. The molecule has 0 fully saturated rings. The van der Waals surface area contributed by atoms with E-state index in [-0.39, 0.29) is 17.5 Å². The van der Waals surface area contributed by atoms with Gasteiger partial charge in [0.15, 0.2) is 0 Å². The van der Waals surface area contributed by atoms with Gasteiger partial charge in [0.25, 0.3) is 0 Å². The first-order chi connectivity index (χ1) is 30.4. The van der Waals surface area contributed by atoms with Crippen LogP contribution in [-0.4, -0.2) is 15.8 Å².